The van der Waals surface area contributed by atoms with Crippen molar-refractivity contribution in [3.63, 3.8) is 0 Å². The molecule has 1 rings (SSSR count). The molecular weight excluding hydrogens is 126 g/mol. The van der Waals surface area contributed by atoms with Crippen molar-refractivity contribution >= 4 is 5.91 Å². The highest BCUT2D eigenvalue weighted by molar-refractivity contribution is 5.77. The van der Waals surface area contributed by atoms with Gasteiger partial charge in [-0.15, -0.1) is 0 Å². The standard InChI is InChI=1S/C8H14NO/c1-3-9-7(2)5-4-6-8(9)10/h7H,2-6H2,1H3. The average molecular weight is 140 g/mol. The minimum Gasteiger partial charge on any atom is -0.340 e. The van der Waals surface area contributed by atoms with Crippen LogP contribution in [-0.2, 0) is 4.79 Å². The van der Waals surface area contributed by atoms with Crippen LogP contribution in [0.4, 0.5) is 0 Å². The second kappa shape index (κ2) is 3.04. The zero-order valence-corrected chi connectivity index (χ0v) is 6.47. The zero-order valence-electron chi connectivity index (χ0n) is 6.47. The fourth-order valence-electron chi connectivity index (χ4n) is 1.43. The number of amides is 1. The zero-order chi connectivity index (χ0) is 7.56. The van der Waals surface area contributed by atoms with E-state index in [1.54, 1.807) is 0 Å². The summed E-state index contributed by atoms with van der Waals surface area (Å²) < 4.78 is 0. The van der Waals surface area contributed by atoms with Crippen LogP contribution in [0.5, 0.6) is 0 Å². The van der Waals surface area contributed by atoms with Crippen molar-refractivity contribution in [2.45, 2.75) is 32.2 Å². The summed E-state index contributed by atoms with van der Waals surface area (Å²) in [7, 11) is 0. The van der Waals surface area contributed by atoms with Gasteiger partial charge in [-0.3, -0.25) is 4.79 Å². The molecule has 1 heterocycles. The van der Waals surface area contributed by atoms with E-state index >= 15 is 0 Å². The molecule has 1 aliphatic heterocycles. The van der Waals surface area contributed by atoms with Crippen molar-refractivity contribution in [2.24, 2.45) is 0 Å². The minimum atomic E-state index is 0.228. The summed E-state index contributed by atoms with van der Waals surface area (Å²) in [6.45, 7) is 6.72. The number of carbonyl (C=O) groups is 1. The molecule has 1 unspecified atom stereocenters. The van der Waals surface area contributed by atoms with Gasteiger partial charge in [0.2, 0.25) is 5.91 Å². The quantitative estimate of drug-likeness (QED) is 0.536. The van der Waals surface area contributed by atoms with Gasteiger partial charge in [0.25, 0.3) is 0 Å². The molecule has 2 nitrogen and oxygen atoms in total. The summed E-state index contributed by atoms with van der Waals surface area (Å²) in [5, 5.41) is 0. The van der Waals surface area contributed by atoms with Crippen LogP contribution in [0, 0.1) is 6.92 Å². The van der Waals surface area contributed by atoms with Gasteiger partial charge in [-0.1, -0.05) is 0 Å². The third kappa shape index (κ3) is 1.31. The molecule has 0 bridgehead atoms. The van der Waals surface area contributed by atoms with Gasteiger partial charge in [0.1, 0.15) is 0 Å². The first kappa shape index (κ1) is 7.58. The molecular formula is C8H14NO. The lowest BCUT2D eigenvalue weighted by Gasteiger charge is -2.32. The molecule has 0 saturated carbocycles. The van der Waals surface area contributed by atoms with E-state index in [1.807, 2.05) is 11.8 Å². The van der Waals surface area contributed by atoms with Crippen LogP contribution in [0.2, 0.25) is 0 Å². The number of hydrogen-bond donors (Lipinski definition) is 0. The third-order valence-electron chi connectivity index (χ3n) is 2.03. The van der Waals surface area contributed by atoms with E-state index in [1.165, 1.54) is 0 Å². The lowest BCUT2D eigenvalue weighted by atomic mass is 10.0. The summed E-state index contributed by atoms with van der Waals surface area (Å²) in [6, 6.07) is 0.228. The number of rotatable bonds is 1. The number of hydrogen-bond acceptors (Lipinski definition) is 1. The Morgan fingerprint density at radius 3 is 2.90 bits per heavy atom. The molecule has 1 amide bonds. The average Bonchev–Trinajstić information content (AvgIpc) is 1.88. The van der Waals surface area contributed by atoms with Crippen molar-refractivity contribution in [2.75, 3.05) is 6.54 Å². The summed E-state index contributed by atoms with van der Waals surface area (Å²) in [4.78, 5) is 13.0. The van der Waals surface area contributed by atoms with Crippen molar-refractivity contribution in [3.05, 3.63) is 6.92 Å². The summed E-state index contributed by atoms with van der Waals surface area (Å²) in [5.74, 6) is 0.272. The van der Waals surface area contributed by atoms with Crippen LogP contribution in [0.1, 0.15) is 26.2 Å². The summed E-state index contributed by atoms with van der Waals surface area (Å²) >= 11 is 0. The number of likely N-dealkylation sites (tertiary alicyclic amines) is 1. The third-order valence-corrected chi connectivity index (χ3v) is 2.03. The molecule has 0 spiro atoms. The van der Waals surface area contributed by atoms with E-state index in [-0.39, 0.29) is 11.9 Å². The van der Waals surface area contributed by atoms with E-state index < -0.39 is 0 Å². The van der Waals surface area contributed by atoms with Crippen LogP contribution >= 0.6 is 0 Å². The van der Waals surface area contributed by atoms with Gasteiger partial charge < -0.3 is 4.90 Å². The molecule has 10 heavy (non-hydrogen) atoms. The molecule has 0 N–H and O–H groups in total. The number of piperidine rings is 1. The second-order valence-corrected chi connectivity index (χ2v) is 2.73. The Morgan fingerprint density at radius 1 is 1.80 bits per heavy atom. The van der Waals surface area contributed by atoms with Gasteiger partial charge in [-0.2, -0.15) is 0 Å². The Bertz CT molecular complexity index is 133. The highest BCUT2D eigenvalue weighted by Gasteiger charge is 2.22. The van der Waals surface area contributed by atoms with Crippen molar-refractivity contribution in [1.82, 2.24) is 4.90 Å². The maximum atomic E-state index is 11.1. The van der Waals surface area contributed by atoms with Crippen molar-refractivity contribution in [1.29, 1.82) is 0 Å². The van der Waals surface area contributed by atoms with Crippen LogP contribution in [-0.4, -0.2) is 23.4 Å². The first-order valence-corrected chi connectivity index (χ1v) is 3.88. The lowest BCUT2D eigenvalue weighted by molar-refractivity contribution is -0.134. The minimum absolute atomic E-state index is 0.228. The molecule has 0 aromatic heterocycles. The largest absolute Gasteiger partial charge is 0.340 e. The van der Waals surface area contributed by atoms with Gasteiger partial charge in [-0.25, -0.2) is 0 Å². The smallest absolute Gasteiger partial charge is 0.222 e. The van der Waals surface area contributed by atoms with Gasteiger partial charge in [0.15, 0.2) is 0 Å². The molecule has 2 heteroatoms. The normalized spacial score (nSPS) is 27.2. The first-order valence-electron chi connectivity index (χ1n) is 3.88. The number of nitrogens with zero attached hydrogens (tertiary/aromatic N) is 1. The summed E-state index contributed by atoms with van der Waals surface area (Å²) in [5.41, 5.74) is 0. The molecule has 1 fully saturated rings. The number of carbonyl (C=O) groups excluding carboxylic acids is 1. The van der Waals surface area contributed by atoms with E-state index in [4.69, 9.17) is 0 Å². The highest BCUT2D eigenvalue weighted by Crippen LogP contribution is 2.16. The molecule has 57 valence electrons. The molecule has 0 aromatic rings. The summed E-state index contributed by atoms with van der Waals surface area (Å²) in [6.07, 6.45) is 2.81. The monoisotopic (exact) mass is 140 g/mol. The van der Waals surface area contributed by atoms with Crippen LogP contribution in [0.25, 0.3) is 0 Å². The van der Waals surface area contributed by atoms with E-state index in [2.05, 4.69) is 6.92 Å². The molecule has 1 radical (unpaired) electrons. The molecule has 1 aliphatic rings. The lowest BCUT2D eigenvalue weighted by Crippen LogP contribution is -2.41. The van der Waals surface area contributed by atoms with Crippen LogP contribution in [0.15, 0.2) is 0 Å². The highest BCUT2D eigenvalue weighted by atomic mass is 16.2. The fourth-order valence-corrected chi connectivity index (χ4v) is 1.43. The molecule has 1 saturated heterocycles. The topological polar surface area (TPSA) is 20.3 Å². The maximum Gasteiger partial charge on any atom is 0.222 e. The first-order chi connectivity index (χ1) is 4.75. The van der Waals surface area contributed by atoms with Gasteiger partial charge in [0.05, 0.1) is 0 Å². The second-order valence-electron chi connectivity index (χ2n) is 2.73. The van der Waals surface area contributed by atoms with E-state index in [0.717, 1.165) is 25.8 Å². The Kier molecular flexibility index (Phi) is 2.30. The molecule has 1 atom stereocenters. The maximum absolute atomic E-state index is 11.1. The van der Waals surface area contributed by atoms with E-state index in [0.29, 0.717) is 0 Å². The fraction of sp³-hybridized carbons (Fsp3) is 0.750. The molecule has 0 aromatic carbocycles. The van der Waals surface area contributed by atoms with E-state index in [9.17, 15) is 4.79 Å². The predicted octanol–water partition coefficient (Wildman–Crippen LogP) is 1.22. The van der Waals surface area contributed by atoms with Crippen LogP contribution in [0.3, 0.4) is 0 Å². The Hall–Kier alpha value is -0.530. The Morgan fingerprint density at radius 2 is 2.50 bits per heavy atom. The molecule has 0 aliphatic carbocycles. The predicted molar refractivity (Wildman–Crippen MR) is 40.4 cm³/mol. The Labute approximate surface area is 62.2 Å². The Balaban J connectivity index is 2.53. The van der Waals surface area contributed by atoms with Gasteiger partial charge in [-0.05, 0) is 26.7 Å². The van der Waals surface area contributed by atoms with Crippen LogP contribution < -0.4 is 0 Å². The van der Waals surface area contributed by atoms with Gasteiger partial charge >= 0.3 is 0 Å². The van der Waals surface area contributed by atoms with Crippen molar-refractivity contribution in [3.8, 4) is 0 Å². The SMILES string of the molecule is [CH2]C1CCCC(=O)N1CC. The van der Waals surface area contributed by atoms with Gasteiger partial charge in [0, 0.05) is 19.0 Å². The van der Waals surface area contributed by atoms with Crippen molar-refractivity contribution < 1.29 is 4.79 Å².